The average molecular weight is 242 g/mol. The van der Waals surface area contributed by atoms with E-state index in [0.29, 0.717) is 10.6 Å². The highest BCUT2D eigenvalue weighted by molar-refractivity contribution is 7.10. The summed E-state index contributed by atoms with van der Waals surface area (Å²) in [5.41, 5.74) is 6.31. The topological polar surface area (TPSA) is 26.0 Å². The Kier molecular flexibility index (Phi) is 3.05. The minimum absolute atomic E-state index is 0.358. The van der Waals surface area contributed by atoms with Crippen molar-refractivity contribution in [3.8, 4) is 0 Å². The van der Waals surface area contributed by atoms with Gasteiger partial charge in [-0.25, -0.2) is 4.39 Å². The van der Waals surface area contributed by atoms with Crippen molar-refractivity contribution >= 4 is 22.9 Å². The number of hydrogen-bond acceptors (Lipinski definition) is 2. The summed E-state index contributed by atoms with van der Waals surface area (Å²) in [4.78, 5) is 0.905. The molecule has 0 aliphatic heterocycles. The van der Waals surface area contributed by atoms with E-state index < -0.39 is 6.04 Å². The molecule has 1 aromatic carbocycles. The van der Waals surface area contributed by atoms with Gasteiger partial charge >= 0.3 is 0 Å². The lowest BCUT2D eigenvalue weighted by molar-refractivity contribution is 0.601. The molecule has 1 atom stereocenters. The second-order valence-corrected chi connectivity index (χ2v) is 4.51. The first-order chi connectivity index (χ1) is 7.20. The summed E-state index contributed by atoms with van der Waals surface area (Å²) in [5.74, 6) is -0.358. The predicted octanol–water partition coefficient (Wildman–Crippen LogP) is 3.59. The lowest BCUT2D eigenvalue weighted by Crippen LogP contribution is -2.12. The number of benzene rings is 1. The van der Waals surface area contributed by atoms with Crippen molar-refractivity contribution < 1.29 is 4.39 Å². The van der Waals surface area contributed by atoms with Gasteiger partial charge in [0.2, 0.25) is 0 Å². The standard InChI is InChI=1S/C11H9ClFNS/c12-7-3-1-4-8(13)10(7)11(14)9-5-2-6-15-9/h1-6,11H,14H2. The van der Waals surface area contributed by atoms with Crippen molar-refractivity contribution in [3.05, 3.63) is 57.0 Å². The van der Waals surface area contributed by atoms with Crippen LogP contribution in [0.5, 0.6) is 0 Å². The molecular formula is C11H9ClFNS. The summed E-state index contributed by atoms with van der Waals surface area (Å²) >= 11 is 7.42. The zero-order valence-electron chi connectivity index (χ0n) is 7.78. The van der Waals surface area contributed by atoms with Crippen molar-refractivity contribution in [2.24, 2.45) is 5.73 Å². The first-order valence-electron chi connectivity index (χ1n) is 4.43. The van der Waals surface area contributed by atoms with Crippen LogP contribution in [0.25, 0.3) is 0 Å². The lowest BCUT2D eigenvalue weighted by atomic mass is 10.1. The van der Waals surface area contributed by atoms with Crippen LogP contribution in [0, 0.1) is 5.82 Å². The van der Waals surface area contributed by atoms with Gasteiger partial charge < -0.3 is 5.73 Å². The molecule has 2 aromatic rings. The Balaban J connectivity index is 2.46. The van der Waals surface area contributed by atoms with Gasteiger partial charge in [0.05, 0.1) is 6.04 Å². The molecule has 0 saturated carbocycles. The van der Waals surface area contributed by atoms with Gasteiger partial charge in [-0.05, 0) is 23.6 Å². The van der Waals surface area contributed by atoms with Gasteiger partial charge in [-0.15, -0.1) is 11.3 Å². The van der Waals surface area contributed by atoms with Crippen molar-refractivity contribution in [2.45, 2.75) is 6.04 Å². The molecule has 1 nitrogen and oxygen atoms in total. The molecule has 1 heterocycles. The van der Waals surface area contributed by atoms with Crippen LogP contribution in [0.4, 0.5) is 4.39 Å². The van der Waals surface area contributed by atoms with Gasteiger partial charge in [-0.1, -0.05) is 23.7 Å². The van der Waals surface area contributed by atoms with Gasteiger partial charge in [0.25, 0.3) is 0 Å². The number of halogens is 2. The second-order valence-electron chi connectivity index (χ2n) is 3.13. The maximum Gasteiger partial charge on any atom is 0.129 e. The Bertz CT molecular complexity index is 435. The van der Waals surface area contributed by atoms with Crippen molar-refractivity contribution in [1.29, 1.82) is 0 Å². The summed E-state index contributed by atoms with van der Waals surface area (Å²) < 4.78 is 13.5. The quantitative estimate of drug-likeness (QED) is 0.855. The Labute approximate surface area is 96.3 Å². The molecule has 0 aliphatic carbocycles. The molecule has 0 amide bonds. The van der Waals surface area contributed by atoms with Gasteiger partial charge in [0.15, 0.2) is 0 Å². The van der Waals surface area contributed by atoms with E-state index in [0.717, 1.165) is 4.88 Å². The van der Waals surface area contributed by atoms with Gasteiger partial charge in [-0.2, -0.15) is 0 Å². The molecule has 0 bridgehead atoms. The Hall–Kier alpha value is -0.900. The third-order valence-electron chi connectivity index (χ3n) is 2.16. The molecule has 2 N–H and O–H groups in total. The maximum absolute atomic E-state index is 13.5. The Morgan fingerprint density at radius 3 is 2.67 bits per heavy atom. The van der Waals surface area contributed by atoms with E-state index in [4.69, 9.17) is 17.3 Å². The lowest BCUT2D eigenvalue weighted by Gasteiger charge is -2.12. The largest absolute Gasteiger partial charge is 0.319 e. The van der Waals surface area contributed by atoms with E-state index in [-0.39, 0.29) is 5.82 Å². The highest BCUT2D eigenvalue weighted by Crippen LogP contribution is 2.30. The van der Waals surface area contributed by atoms with E-state index in [9.17, 15) is 4.39 Å². The van der Waals surface area contributed by atoms with Crippen LogP contribution in [-0.4, -0.2) is 0 Å². The average Bonchev–Trinajstić information content (AvgIpc) is 2.69. The third kappa shape index (κ3) is 2.04. The van der Waals surface area contributed by atoms with Crippen LogP contribution < -0.4 is 5.73 Å². The number of hydrogen-bond donors (Lipinski definition) is 1. The highest BCUT2D eigenvalue weighted by atomic mass is 35.5. The van der Waals surface area contributed by atoms with Gasteiger partial charge in [0, 0.05) is 15.5 Å². The van der Waals surface area contributed by atoms with Crippen LogP contribution in [0.3, 0.4) is 0 Å². The minimum atomic E-state index is -0.487. The predicted molar refractivity (Wildman–Crippen MR) is 61.8 cm³/mol. The molecule has 2 rings (SSSR count). The van der Waals surface area contributed by atoms with E-state index in [1.165, 1.54) is 17.4 Å². The summed E-state index contributed by atoms with van der Waals surface area (Å²) in [6.45, 7) is 0. The first kappa shape index (κ1) is 10.6. The molecule has 0 radical (unpaired) electrons. The number of rotatable bonds is 2. The first-order valence-corrected chi connectivity index (χ1v) is 5.69. The molecule has 0 fully saturated rings. The van der Waals surface area contributed by atoms with Crippen LogP contribution in [-0.2, 0) is 0 Å². The molecule has 15 heavy (non-hydrogen) atoms. The molecule has 1 aromatic heterocycles. The van der Waals surface area contributed by atoms with Crippen molar-refractivity contribution in [1.82, 2.24) is 0 Å². The smallest absolute Gasteiger partial charge is 0.129 e. The zero-order valence-corrected chi connectivity index (χ0v) is 9.36. The molecule has 0 aliphatic rings. The van der Waals surface area contributed by atoms with E-state index in [2.05, 4.69) is 0 Å². The van der Waals surface area contributed by atoms with Crippen LogP contribution in [0.15, 0.2) is 35.7 Å². The Morgan fingerprint density at radius 1 is 1.27 bits per heavy atom. The Morgan fingerprint density at radius 2 is 2.07 bits per heavy atom. The van der Waals surface area contributed by atoms with E-state index >= 15 is 0 Å². The van der Waals surface area contributed by atoms with Crippen molar-refractivity contribution in [2.75, 3.05) is 0 Å². The van der Waals surface area contributed by atoms with Gasteiger partial charge in [0.1, 0.15) is 5.82 Å². The normalized spacial score (nSPS) is 12.7. The zero-order chi connectivity index (χ0) is 10.8. The molecule has 1 unspecified atom stereocenters. The molecule has 0 spiro atoms. The molecule has 78 valence electrons. The molecule has 0 saturated heterocycles. The summed E-state index contributed by atoms with van der Waals surface area (Å²) in [5, 5.41) is 2.28. The maximum atomic E-state index is 13.5. The van der Waals surface area contributed by atoms with E-state index in [1.807, 2.05) is 17.5 Å². The fourth-order valence-electron chi connectivity index (χ4n) is 1.42. The van der Waals surface area contributed by atoms with E-state index in [1.54, 1.807) is 12.1 Å². The van der Waals surface area contributed by atoms with Crippen LogP contribution in [0.2, 0.25) is 5.02 Å². The molecular weight excluding hydrogens is 233 g/mol. The minimum Gasteiger partial charge on any atom is -0.319 e. The summed E-state index contributed by atoms with van der Waals surface area (Å²) in [6.07, 6.45) is 0. The van der Waals surface area contributed by atoms with Crippen molar-refractivity contribution in [3.63, 3.8) is 0 Å². The molecule has 4 heteroatoms. The third-order valence-corrected chi connectivity index (χ3v) is 3.45. The fourth-order valence-corrected chi connectivity index (χ4v) is 2.43. The number of nitrogens with two attached hydrogens (primary N) is 1. The van der Waals surface area contributed by atoms with Gasteiger partial charge in [-0.3, -0.25) is 0 Å². The summed E-state index contributed by atoms with van der Waals surface area (Å²) in [6, 6.07) is 7.86. The fraction of sp³-hybridized carbons (Fsp3) is 0.0909. The van der Waals surface area contributed by atoms with Crippen LogP contribution >= 0.6 is 22.9 Å². The number of thiophene rings is 1. The highest BCUT2D eigenvalue weighted by Gasteiger charge is 2.17. The summed E-state index contributed by atoms with van der Waals surface area (Å²) in [7, 11) is 0. The monoisotopic (exact) mass is 241 g/mol. The SMILES string of the molecule is NC(c1cccs1)c1c(F)cccc1Cl. The second kappa shape index (κ2) is 4.31. The van der Waals surface area contributed by atoms with Crippen LogP contribution in [0.1, 0.15) is 16.5 Å².